The van der Waals surface area contributed by atoms with Gasteiger partial charge >= 0.3 is 0 Å². The molecule has 1 N–H and O–H groups in total. The fourth-order valence-corrected chi connectivity index (χ4v) is 1.96. The van der Waals surface area contributed by atoms with Crippen LogP contribution in [0.2, 0.25) is 0 Å². The first-order valence-electron chi connectivity index (χ1n) is 6.81. The molecule has 0 aliphatic carbocycles. The summed E-state index contributed by atoms with van der Waals surface area (Å²) in [4.78, 5) is 0. The first-order chi connectivity index (χ1) is 8.81. The maximum atomic E-state index is 5.71. The van der Waals surface area contributed by atoms with Crippen molar-refractivity contribution >= 4 is 0 Å². The molecule has 18 heavy (non-hydrogen) atoms. The number of rotatable bonds is 9. The minimum absolute atomic E-state index is 0.608. The fourth-order valence-electron chi connectivity index (χ4n) is 1.96. The largest absolute Gasteiger partial charge is 0.493 e. The number of benzene rings is 1. The summed E-state index contributed by atoms with van der Waals surface area (Å²) < 4.78 is 11.0. The monoisotopic (exact) mass is 251 g/mol. The van der Waals surface area contributed by atoms with E-state index in [1.807, 2.05) is 24.3 Å². The van der Waals surface area contributed by atoms with E-state index in [4.69, 9.17) is 9.47 Å². The lowest BCUT2D eigenvalue weighted by molar-refractivity contribution is 0.283. The molecule has 1 atom stereocenters. The normalized spacial score (nSPS) is 12.2. The summed E-state index contributed by atoms with van der Waals surface area (Å²) in [6.07, 6.45) is 3.62. The van der Waals surface area contributed by atoms with E-state index < -0.39 is 0 Å². The van der Waals surface area contributed by atoms with Gasteiger partial charge in [0.2, 0.25) is 0 Å². The molecule has 1 unspecified atom stereocenters. The first kappa shape index (κ1) is 14.8. The Morgan fingerprint density at radius 1 is 1.17 bits per heavy atom. The van der Waals surface area contributed by atoms with Crippen molar-refractivity contribution in [3.05, 3.63) is 24.3 Å². The number of nitrogens with one attached hydrogen (secondary N) is 1. The quantitative estimate of drug-likeness (QED) is 0.683. The Bertz CT molecular complexity index is 328. The highest BCUT2D eigenvalue weighted by atomic mass is 16.5. The van der Waals surface area contributed by atoms with Crippen molar-refractivity contribution in [3.63, 3.8) is 0 Å². The van der Waals surface area contributed by atoms with E-state index in [1.54, 1.807) is 7.11 Å². The molecular formula is C15H25NO2. The zero-order valence-corrected chi connectivity index (χ0v) is 11.7. The Kier molecular flexibility index (Phi) is 7.26. The third-order valence-corrected chi connectivity index (χ3v) is 2.99. The fraction of sp³-hybridized carbons (Fsp3) is 0.600. The van der Waals surface area contributed by atoms with Crippen LogP contribution in [-0.2, 0) is 0 Å². The van der Waals surface area contributed by atoms with E-state index in [2.05, 4.69) is 19.2 Å². The van der Waals surface area contributed by atoms with Gasteiger partial charge < -0.3 is 14.8 Å². The Morgan fingerprint density at radius 3 is 2.50 bits per heavy atom. The van der Waals surface area contributed by atoms with Crippen molar-refractivity contribution in [2.75, 3.05) is 20.3 Å². The maximum absolute atomic E-state index is 5.71. The molecule has 1 aromatic carbocycles. The second-order valence-electron chi connectivity index (χ2n) is 4.35. The van der Waals surface area contributed by atoms with Crippen LogP contribution >= 0.6 is 0 Å². The standard InChI is InChI=1S/C15H25NO2/c1-4-8-13(5-2)16-11-12-18-15-10-7-6-9-14(15)17-3/h6-7,9-10,13,16H,4-5,8,11-12H2,1-3H3. The molecule has 0 radical (unpaired) electrons. The zero-order valence-electron chi connectivity index (χ0n) is 11.7. The minimum Gasteiger partial charge on any atom is -0.493 e. The highest BCUT2D eigenvalue weighted by Crippen LogP contribution is 2.25. The highest BCUT2D eigenvalue weighted by molar-refractivity contribution is 5.39. The van der Waals surface area contributed by atoms with Gasteiger partial charge in [0, 0.05) is 12.6 Å². The minimum atomic E-state index is 0.608. The third-order valence-electron chi connectivity index (χ3n) is 2.99. The van der Waals surface area contributed by atoms with Gasteiger partial charge in [-0.2, -0.15) is 0 Å². The lowest BCUT2D eigenvalue weighted by Gasteiger charge is -2.16. The van der Waals surface area contributed by atoms with Crippen molar-refractivity contribution in [3.8, 4) is 11.5 Å². The van der Waals surface area contributed by atoms with E-state index in [0.29, 0.717) is 12.6 Å². The van der Waals surface area contributed by atoms with Gasteiger partial charge in [-0.3, -0.25) is 0 Å². The predicted octanol–water partition coefficient (Wildman–Crippen LogP) is 3.24. The number of para-hydroxylation sites is 2. The van der Waals surface area contributed by atoms with Crippen LogP contribution in [0.3, 0.4) is 0 Å². The maximum Gasteiger partial charge on any atom is 0.161 e. The van der Waals surface area contributed by atoms with Crippen LogP contribution in [0.5, 0.6) is 11.5 Å². The van der Waals surface area contributed by atoms with Crippen molar-refractivity contribution < 1.29 is 9.47 Å². The van der Waals surface area contributed by atoms with Crippen molar-refractivity contribution in [1.29, 1.82) is 0 Å². The molecule has 0 spiro atoms. The molecule has 1 aromatic rings. The molecule has 0 aliphatic rings. The number of hydrogen-bond donors (Lipinski definition) is 1. The molecule has 1 rings (SSSR count). The van der Waals surface area contributed by atoms with Gasteiger partial charge in [-0.25, -0.2) is 0 Å². The van der Waals surface area contributed by atoms with Crippen LogP contribution in [-0.4, -0.2) is 26.3 Å². The Hall–Kier alpha value is -1.22. The number of hydrogen-bond acceptors (Lipinski definition) is 3. The van der Waals surface area contributed by atoms with Crippen LogP contribution in [0.4, 0.5) is 0 Å². The lowest BCUT2D eigenvalue weighted by Crippen LogP contribution is -2.31. The van der Waals surface area contributed by atoms with Crippen LogP contribution in [0.25, 0.3) is 0 Å². The lowest BCUT2D eigenvalue weighted by atomic mass is 10.1. The Labute approximate surface area is 110 Å². The topological polar surface area (TPSA) is 30.5 Å². The van der Waals surface area contributed by atoms with Gasteiger partial charge in [-0.05, 0) is 25.0 Å². The van der Waals surface area contributed by atoms with Crippen molar-refractivity contribution in [2.45, 2.75) is 39.2 Å². The third kappa shape index (κ3) is 4.96. The molecular weight excluding hydrogens is 226 g/mol. The molecule has 0 fully saturated rings. The SMILES string of the molecule is CCCC(CC)NCCOc1ccccc1OC. The molecule has 0 amide bonds. The second kappa shape index (κ2) is 8.81. The van der Waals surface area contributed by atoms with Crippen LogP contribution in [0, 0.1) is 0 Å². The van der Waals surface area contributed by atoms with Crippen LogP contribution < -0.4 is 14.8 Å². The van der Waals surface area contributed by atoms with Gasteiger partial charge in [-0.1, -0.05) is 32.4 Å². The summed E-state index contributed by atoms with van der Waals surface area (Å²) in [5.74, 6) is 1.60. The molecule has 0 aromatic heterocycles. The average molecular weight is 251 g/mol. The van der Waals surface area contributed by atoms with E-state index >= 15 is 0 Å². The summed E-state index contributed by atoms with van der Waals surface area (Å²) in [5.41, 5.74) is 0. The molecule has 102 valence electrons. The Balaban J connectivity index is 2.28. The molecule has 0 aliphatic heterocycles. The van der Waals surface area contributed by atoms with Gasteiger partial charge in [-0.15, -0.1) is 0 Å². The molecule has 3 heteroatoms. The first-order valence-corrected chi connectivity index (χ1v) is 6.81. The van der Waals surface area contributed by atoms with Crippen LogP contribution in [0.15, 0.2) is 24.3 Å². The van der Waals surface area contributed by atoms with E-state index in [-0.39, 0.29) is 0 Å². The summed E-state index contributed by atoms with van der Waals surface area (Å²) in [6, 6.07) is 8.35. The van der Waals surface area contributed by atoms with Gasteiger partial charge in [0.25, 0.3) is 0 Å². The smallest absolute Gasteiger partial charge is 0.161 e. The van der Waals surface area contributed by atoms with E-state index in [9.17, 15) is 0 Å². The molecule has 0 saturated heterocycles. The van der Waals surface area contributed by atoms with Gasteiger partial charge in [0.1, 0.15) is 6.61 Å². The van der Waals surface area contributed by atoms with Crippen molar-refractivity contribution in [1.82, 2.24) is 5.32 Å². The molecule has 0 bridgehead atoms. The number of ether oxygens (including phenoxy) is 2. The van der Waals surface area contributed by atoms with E-state index in [1.165, 1.54) is 19.3 Å². The predicted molar refractivity (Wildman–Crippen MR) is 75.5 cm³/mol. The van der Waals surface area contributed by atoms with E-state index in [0.717, 1.165) is 18.0 Å². The number of methoxy groups -OCH3 is 1. The van der Waals surface area contributed by atoms with Gasteiger partial charge in [0.05, 0.1) is 7.11 Å². The summed E-state index contributed by atoms with van der Waals surface area (Å²) >= 11 is 0. The molecule has 0 heterocycles. The van der Waals surface area contributed by atoms with Gasteiger partial charge in [0.15, 0.2) is 11.5 Å². The van der Waals surface area contributed by atoms with Crippen LogP contribution in [0.1, 0.15) is 33.1 Å². The van der Waals surface area contributed by atoms with Crippen molar-refractivity contribution in [2.24, 2.45) is 0 Å². The molecule has 0 saturated carbocycles. The summed E-state index contributed by atoms with van der Waals surface area (Å²) in [7, 11) is 1.66. The summed E-state index contributed by atoms with van der Waals surface area (Å²) in [6.45, 7) is 5.97. The second-order valence-corrected chi connectivity index (χ2v) is 4.35. The highest BCUT2D eigenvalue weighted by Gasteiger charge is 2.05. The zero-order chi connectivity index (χ0) is 13.2. The molecule has 3 nitrogen and oxygen atoms in total. The summed E-state index contributed by atoms with van der Waals surface area (Å²) in [5, 5.41) is 3.51. The average Bonchev–Trinajstić information content (AvgIpc) is 2.42. The Morgan fingerprint density at radius 2 is 1.89 bits per heavy atom.